The van der Waals surface area contributed by atoms with E-state index in [4.69, 9.17) is 0 Å². The smallest absolute Gasteiger partial charge is 0.0590 e. The van der Waals surface area contributed by atoms with Crippen LogP contribution >= 0.6 is 0 Å². The molecule has 136 valence electrons. The molecule has 0 unspecified atom stereocenters. The van der Waals surface area contributed by atoms with Gasteiger partial charge >= 0.3 is 0 Å². The average molecular weight is 281 g/mol. The van der Waals surface area contributed by atoms with Crippen molar-refractivity contribution in [2.24, 2.45) is 0 Å². The molecule has 0 amide bonds. The lowest BCUT2D eigenvalue weighted by molar-refractivity contribution is 1.09. The molecule has 0 fully saturated rings. The van der Waals surface area contributed by atoms with E-state index in [0.29, 0.717) is 0 Å². The van der Waals surface area contributed by atoms with Gasteiger partial charge in [-0.05, 0) is 0 Å². The summed E-state index contributed by atoms with van der Waals surface area (Å²) in [5, 5.41) is 0. The highest BCUT2D eigenvalue weighted by Crippen LogP contribution is 1.56. The van der Waals surface area contributed by atoms with Gasteiger partial charge in [0.15, 0.2) is 0 Å². The summed E-state index contributed by atoms with van der Waals surface area (Å²) in [6.45, 7) is 8.50. The van der Waals surface area contributed by atoms with Crippen LogP contribution in [0.4, 0.5) is 0 Å². The van der Waals surface area contributed by atoms with Crippen LogP contribution in [0.3, 0.4) is 0 Å². The van der Waals surface area contributed by atoms with Crippen molar-refractivity contribution < 1.29 is 0 Å². The minimum absolute atomic E-state index is 0. The summed E-state index contributed by atoms with van der Waals surface area (Å²) in [4.78, 5) is 0. The van der Waals surface area contributed by atoms with Crippen LogP contribution in [-0.2, 0) is 0 Å². The normalized spacial score (nSPS) is 2.00. The van der Waals surface area contributed by atoms with Crippen molar-refractivity contribution in [2.45, 2.75) is 130 Å². The second-order valence-corrected chi connectivity index (χ2v) is 1.41. The van der Waals surface area contributed by atoms with Crippen LogP contribution in [0.5, 0.6) is 0 Å². The molecule has 0 rings (SSSR count). The molecule has 18 heavy (non-hydrogen) atoms. The summed E-state index contributed by atoms with van der Waals surface area (Å²) in [6, 6.07) is 0. The lowest BCUT2D eigenvalue weighted by Gasteiger charge is -1.48. The Morgan fingerprint density at radius 1 is 0.278 bits per heavy atom. The van der Waals surface area contributed by atoms with E-state index in [1.165, 1.54) is 12.8 Å². The fraction of sp³-hybridized carbons (Fsp3) is 1.00. The number of rotatable bonds is 0. The van der Waals surface area contributed by atoms with Gasteiger partial charge in [0.05, 0.1) is 0 Å². The summed E-state index contributed by atoms with van der Waals surface area (Å²) in [7, 11) is 0. The zero-order chi connectivity index (χ0) is 5.41. The van der Waals surface area contributed by atoms with Crippen molar-refractivity contribution in [1.29, 1.82) is 0 Å². The third-order valence-corrected chi connectivity index (χ3v) is 0. The maximum absolute atomic E-state index is 2.12. The molecule has 0 saturated heterocycles. The molecule has 0 nitrogen and oxygen atoms in total. The maximum atomic E-state index is 2.12. The Kier molecular flexibility index (Phi) is 19700. The highest BCUT2D eigenvalue weighted by Gasteiger charge is 1.36. The van der Waals surface area contributed by atoms with Crippen molar-refractivity contribution in [3.8, 4) is 0 Å². The quantitative estimate of drug-likeness (QED) is 0.414. The Bertz CT molecular complexity index is 2.00. The SMILES string of the molecule is C.C.C.C.C.C.C.C.C.C.C.C.CCC.CCC. The zero-order valence-corrected chi connectivity index (χ0v) is 5.41. The van der Waals surface area contributed by atoms with E-state index in [2.05, 4.69) is 27.7 Å². The molecule has 0 aromatic heterocycles. The molecule has 0 aromatic carbocycles. The van der Waals surface area contributed by atoms with Gasteiger partial charge < -0.3 is 0 Å². The van der Waals surface area contributed by atoms with Crippen LogP contribution < -0.4 is 0 Å². The lowest BCUT2D eigenvalue weighted by atomic mass is 10.6. The van der Waals surface area contributed by atoms with Crippen molar-refractivity contribution in [3.05, 3.63) is 0 Å². The van der Waals surface area contributed by atoms with Crippen LogP contribution in [0, 0.1) is 0 Å². The first kappa shape index (κ1) is 325. The largest absolute Gasteiger partial charge is 0.0776 e. The molecule has 0 heterocycles. The van der Waals surface area contributed by atoms with E-state index in [1.54, 1.807) is 0 Å². The van der Waals surface area contributed by atoms with E-state index in [9.17, 15) is 0 Å². The van der Waals surface area contributed by atoms with Gasteiger partial charge in [0, 0.05) is 0 Å². The second-order valence-electron chi connectivity index (χ2n) is 1.41. The summed E-state index contributed by atoms with van der Waals surface area (Å²) < 4.78 is 0. The lowest BCUT2D eigenvalue weighted by Crippen LogP contribution is -1.27. The maximum Gasteiger partial charge on any atom is -0.0590 e. The third kappa shape index (κ3) is 0. The summed E-state index contributed by atoms with van der Waals surface area (Å²) in [5.41, 5.74) is 0. The van der Waals surface area contributed by atoms with Crippen LogP contribution in [0.15, 0.2) is 0 Å². The topological polar surface area (TPSA) is 0 Å². The standard InChI is InChI=1S/2C3H8.12CH4/c2*1-3-2;;;;;;;;;;;;/h2*3H2,1-2H3;12*1H4. The fourth-order valence-corrected chi connectivity index (χ4v) is 0. The molecule has 0 aliphatic carbocycles. The predicted octanol–water partition coefficient (Wildman–Crippen LogP) is 10.5. The van der Waals surface area contributed by atoms with Crippen molar-refractivity contribution in [1.82, 2.24) is 0 Å². The van der Waals surface area contributed by atoms with Crippen LogP contribution in [0.25, 0.3) is 0 Å². The van der Waals surface area contributed by atoms with Gasteiger partial charge in [-0.2, -0.15) is 0 Å². The molecule has 0 bridgehead atoms. The molecule has 0 aliphatic rings. The van der Waals surface area contributed by atoms with Crippen LogP contribution in [-0.4, -0.2) is 0 Å². The Morgan fingerprint density at radius 3 is 0.278 bits per heavy atom. The monoisotopic (exact) mass is 281 g/mol. The first-order valence-corrected chi connectivity index (χ1v) is 2.83. The van der Waals surface area contributed by atoms with Gasteiger partial charge in [-0.15, -0.1) is 0 Å². The minimum atomic E-state index is 0. The van der Waals surface area contributed by atoms with E-state index in [-0.39, 0.29) is 89.1 Å². The van der Waals surface area contributed by atoms with Gasteiger partial charge in [-0.25, -0.2) is 0 Å². The molecule has 0 spiro atoms. The fourth-order valence-electron chi connectivity index (χ4n) is 0. The molecular weight excluding hydrogens is 216 g/mol. The molecular formula is C18H64. The van der Waals surface area contributed by atoms with Crippen LogP contribution in [0.1, 0.15) is 130 Å². The number of hydrogen-bond donors (Lipinski definition) is 0. The van der Waals surface area contributed by atoms with Crippen molar-refractivity contribution in [3.63, 3.8) is 0 Å². The molecule has 0 N–H and O–H groups in total. The molecule has 0 aliphatic heterocycles. The molecule has 0 atom stereocenters. The van der Waals surface area contributed by atoms with Crippen LogP contribution in [0.2, 0.25) is 0 Å². The summed E-state index contributed by atoms with van der Waals surface area (Å²) in [5.74, 6) is 0. The Morgan fingerprint density at radius 2 is 0.278 bits per heavy atom. The van der Waals surface area contributed by atoms with Crippen molar-refractivity contribution >= 4 is 0 Å². The molecule has 0 aromatic rings. The average Bonchev–Trinajstić information content (AvgIpc) is 1.39. The zero-order valence-electron chi connectivity index (χ0n) is 5.41. The highest BCUT2D eigenvalue weighted by atomic mass is 13.4. The highest BCUT2D eigenvalue weighted by molar-refractivity contribution is 3.92. The summed E-state index contributed by atoms with van der Waals surface area (Å²) >= 11 is 0. The predicted molar refractivity (Wildman–Crippen MR) is 113 cm³/mol. The van der Waals surface area contributed by atoms with E-state index < -0.39 is 0 Å². The Labute approximate surface area is 130 Å². The third-order valence-electron chi connectivity index (χ3n) is 0. The van der Waals surface area contributed by atoms with E-state index in [1.807, 2.05) is 0 Å². The minimum Gasteiger partial charge on any atom is -0.0776 e. The Hall–Kier alpha value is 0. The molecule has 0 heteroatoms. The Balaban J connectivity index is -0.000000000889. The first-order chi connectivity index (χ1) is 2.83. The van der Waals surface area contributed by atoms with E-state index in [0.717, 1.165) is 0 Å². The van der Waals surface area contributed by atoms with Gasteiger partial charge in [0.2, 0.25) is 0 Å². The van der Waals surface area contributed by atoms with Gasteiger partial charge in [0.25, 0.3) is 0 Å². The van der Waals surface area contributed by atoms with Gasteiger partial charge in [-0.1, -0.05) is 130 Å². The van der Waals surface area contributed by atoms with Gasteiger partial charge in [-0.3, -0.25) is 0 Å². The molecule has 0 saturated carbocycles. The summed E-state index contributed by atoms with van der Waals surface area (Å²) in [6.07, 6.45) is 2.50. The first-order valence-electron chi connectivity index (χ1n) is 2.83. The second kappa shape index (κ2) is 1090. The number of hydrogen-bond acceptors (Lipinski definition) is 0. The molecule has 0 radical (unpaired) electrons. The van der Waals surface area contributed by atoms with Crippen molar-refractivity contribution in [2.75, 3.05) is 0 Å². The van der Waals surface area contributed by atoms with E-state index >= 15 is 0 Å². The van der Waals surface area contributed by atoms with Gasteiger partial charge in [0.1, 0.15) is 0 Å².